The average Bonchev–Trinajstić information content (AvgIpc) is 2.14. The van der Waals surface area contributed by atoms with Crippen molar-refractivity contribution in [3.63, 3.8) is 0 Å². The van der Waals surface area contributed by atoms with Crippen LogP contribution in [0.25, 0.3) is 0 Å². The van der Waals surface area contributed by atoms with E-state index in [1.807, 2.05) is 23.5 Å². The van der Waals surface area contributed by atoms with Gasteiger partial charge < -0.3 is 4.90 Å². The van der Waals surface area contributed by atoms with Gasteiger partial charge in [0.2, 0.25) is 0 Å². The van der Waals surface area contributed by atoms with Crippen molar-refractivity contribution in [3.8, 4) is 0 Å². The van der Waals surface area contributed by atoms with Crippen molar-refractivity contribution in [1.82, 2.24) is 0 Å². The highest BCUT2D eigenvalue weighted by molar-refractivity contribution is 8.01. The lowest BCUT2D eigenvalue weighted by Gasteiger charge is -2.38. The molecule has 1 heterocycles. The van der Waals surface area contributed by atoms with Crippen LogP contribution in [0.4, 0.5) is 5.69 Å². The molecule has 0 saturated heterocycles. The van der Waals surface area contributed by atoms with Gasteiger partial charge in [0.1, 0.15) is 0 Å². The average molecular weight is 239 g/mol. The Kier molecular flexibility index (Phi) is 2.95. The van der Waals surface area contributed by atoms with E-state index in [9.17, 15) is 0 Å². The van der Waals surface area contributed by atoms with Gasteiger partial charge in [0.15, 0.2) is 0 Å². The maximum absolute atomic E-state index is 2.36. The van der Waals surface area contributed by atoms with Crippen LogP contribution in [0.2, 0.25) is 0 Å². The van der Waals surface area contributed by atoms with Gasteiger partial charge >= 0.3 is 0 Å². The van der Waals surface area contributed by atoms with E-state index in [0.717, 1.165) is 6.54 Å². The highest BCUT2D eigenvalue weighted by Gasteiger charge is 2.29. The number of rotatable bonds is 1. The third-order valence-electron chi connectivity index (χ3n) is 2.58. The Morgan fingerprint density at radius 1 is 1.40 bits per heavy atom. The lowest BCUT2D eigenvalue weighted by molar-refractivity contribution is 0.676. The third-order valence-corrected chi connectivity index (χ3v) is 4.54. The first-order valence-corrected chi connectivity index (χ1v) is 7.14. The van der Waals surface area contributed by atoms with Gasteiger partial charge in [-0.1, -0.05) is 0 Å². The smallest absolute Gasteiger partial charge is 0.0503 e. The highest BCUT2D eigenvalue weighted by Crippen LogP contribution is 2.44. The molecule has 1 nitrogen and oxygen atoms in total. The van der Waals surface area contributed by atoms with Crippen molar-refractivity contribution in [2.45, 2.75) is 28.4 Å². The summed E-state index contributed by atoms with van der Waals surface area (Å²) in [5.74, 6) is 0. The molecular formula is C12H17NS2. The lowest BCUT2D eigenvalue weighted by atomic mass is 10.1. The zero-order valence-electron chi connectivity index (χ0n) is 9.70. The fourth-order valence-electron chi connectivity index (χ4n) is 2.00. The van der Waals surface area contributed by atoms with E-state index in [0.29, 0.717) is 4.75 Å². The second kappa shape index (κ2) is 3.95. The van der Waals surface area contributed by atoms with Crippen molar-refractivity contribution < 1.29 is 0 Å². The molecule has 0 aliphatic carbocycles. The minimum absolute atomic E-state index is 0.318. The van der Waals surface area contributed by atoms with Gasteiger partial charge in [-0.3, -0.25) is 0 Å². The predicted molar refractivity (Wildman–Crippen MR) is 71.4 cm³/mol. The Labute approximate surface area is 101 Å². The minimum Gasteiger partial charge on any atom is -0.372 e. The van der Waals surface area contributed by atoms with E-state index < -0.39 is 0 Å². The number of anilines is 1. The monoisotopic (exact) mass is 239 g/mol. The molecule has 0 saturated carbocycles. The summed E-state index contributed by atoms with van der Waals surface area (Å²) in [6.45, 7) is 5.73. The molecule has 0 spiro atoms. The SMILES string of the molecule is CSc1ccc2c(c1)SC(C)(C)CN2C. The Hall–Kier alpha value is -0.280. The summed E-state index contributed by atoms with van der Waals surface area (Å²) in [5, 5.41) is 0. The van der Waals surface area contributed by atoms with Crippen LogP contribution in [0.5, 0.6) is 0 Å². The quantitative estimate of drug-likeness (QED) is 0.688. The largest absolute Gasteiger partial charge is 0.372 e. The van der Waals surface area contributed by atoms with Crippen molar-refractivity contribution >= 4 is 29.2 Å². The van der Waals surface area contributed by atoms with Gasteiger partial charge in [-0.05, 0) is 38.3 Å². The highest BCUT2D eigenvalue weighted by atomic mass is 32.2. The zero-order valence-corrected chi connectivity index (χ0v) is 11.3. The lowest BCUT2D eigenvalue weighted by Crippen LogP contribution is -2.37. The summed E-state index contributed by atoms with van der Waals surface area (Å²) in [6, 6.07) is 6.75. The van der Waals surface area contributed by atoms with Gasteiger partial charge in [0, 0.05) is 28.1 Å². The fourth-order valence-corrected chi connectivity index (χ4v) is 3.89. The molecule has 0 radical (unpaired) electrons. The molecule has 82 valence electrons. The van der Waals surface area contributed by atoms with E-state index >= 15 is 0 Å². The first-order valence-electron chi connectivity index (χ1n) is 5.10. The Balaban J connectivity index is 2.42. The van der Waals surface area contributed by atoms with E-state index in [2.05, 4.69) is 50.2 Å². The van der Waals surface area contributed by atoms with Gasteiger partial charge in [0.05, 0.1) is 5.69 Å². The topological polar surface area (TPSA) is 3.24 Å². The van der Waals surface area contributed by atoms with E-state index in [1.165, 1.54) is 15.5 Å². The molecular weight excluding hydrogens is 222 g/mol. The van der Waals surface area contributed by atoms with Gasteiger partial charge in [-0.2, -0.15) is 0 Å². The van der Waals surface area contributed by atoms with Crippen molar-refractivity contribution in [3.05, 3.63) is 18.2 Å². The van der Waals surface area contributed by atoms with Crippen LogP contribution >= 0.6 is 23.5 Å². The van der Waals surface area contributed by atoms with Crippen molar-refractivity contribution in [2.24, 2.45) is 0 Å². The predicted octanol–water partition coefficient (Wildman–Crippen LogP) is 3.73. The normalized spacial score (nSPS) is 18.8. The number of thioether (sulfide) groups is 2. The molecule has 0 aromatic heterocycles. The third kappa shape index (κ3) is 2.28. The van der Waals surface area contributed by atoms with Gasteiger partial charge in [0.25, 0.3) is 0 Å². The molecule has 0 unspecified atom stereocenters. The Bertz CT molecular complexity index is 374. The molecule has 1 aliphatic rings. The van der Waals surface area contributed by atoms with Crippen molar-refractivity contribution in [2.75, 3.05) is 24.7 Å². The summed E-state index contributed by atoms with van der Waals surface area (Å²) >= 11 is 3.80. The van der Waals surface area contributed by atoms with Crippen LogP contribution < -0.4 is 4.90 Å². The van der Waals surface area contributed by atoms with Crippen LogP contribution in [0.3, 0.4) is 0 Å². The molecule has 1 aromatic rings. The Morgan fingerprint density at radius 2 is 2.13 bits per heavy atom. The molecule has 3 heteroatoms. The first-order chi connectivity index (χ1) is 7.02. The van der Waals surface area contributed by atoms with Crippen LogP contribution in [-0.4, -0.2) is 24.6 Å². The summed E-state index contributed by atoms with van der Waals surface area (Å²) in [4.78, 5) is 5.13. The van der Waals surface area contributed by atoms with Gasteiger partial charge in [-0.15, -0.1) is 23.5 Å². The molecule has 1 aromatic carbocycles. The molecule has 0 amide bonds. The van der Waals surface area contributed by atoms with Gasteiger partial charge in [-0.25, -0.2) is 0 Å². The van der Waals surface area contributed by atoms with E-state index in [4.69, 9.17) is 0 Å². The summed E-state index contributed by atoms with van der Waals surface area (Å²) in [5.41, 5.74) is 1.37. The molecule has 0 atom stereocenters. The second-order valence-corrected chi connectivity index (χ2v) is 7.18. The molecule has 0 bridgehead atoms. The maximum Gasteiger partial charge on any atom is 0.0503 e. The van der Waals surface area contributed by atoms with Crippen LogP contribution in [0.1, 0.15) is 13.8 Å². The fraction of sp³-hybridized carbons (Fsp3) is 0.500. The molecule has 0 fully saturated rings. The Morgan fingerprint density at radius 3 is 2.80 bits per heavy atom. The maximum atomic E-state index is 2.36. The molecule has 0 N–H and O–H groups in total. The number of benzene rings is 1. The van der Waals surface area contributed by atoms with Crippen molar-refractivity contribution in [1.29, 1.82) is 0 Å². The second-order valence-electron chi connectivity index (χ2n) is 4.55. The molecule has 15 heavy (non-hydrogen) atoms. The summed E-state index contributed by atoms with van der Waals surface area (Å²) < 4.78 is 0.318. The number of fused-ring (bicyclic) bond motifs is 1. The molecule has 2 rings (SSSR count). The number of hydrogen-bond donors (Lipinski definition) is 0. The van der Waals surface area contributed by atoms with Crippen LogP contribution in [0, 0.1) is 0 Å². The zero-order chi connectivity index (χ0) is 11.1. The summed E-state index contributed by atoms with van der Waals surface area (Å²) in [6.07, 6.45) is 2.13. The van der Waals surface area contributed by atoms with Crippen LogP contribution in [0.15, 0.2) is 28.0 Å². The molecule has 1 aliphatic heterocycles. The number of hydrogen-bond acceptors (Lipinski definition) is 3. The first kappa shape index (κ1) is 11.2. The standard InChI is InChI=1S/C12H17NS2/c1-12(2)8-13(3)10-6-5-9(14-4)7-11(10)15-12/h5-7H,8H2,1-4H3. The minimum atomic E-state index is 0.318. The van der Waals surface area contributed by atoms with E-state index in [1.54, 1.807) is 0 Å². The summed E-state index contributed by atoms with van der Waals surface area (Å²) in [7, 11) is 2.18. The number of nitrogens with zero attached hydrogens (tertiary/aromatic N) is 1. The van der Waals surface area contributed by atoms with Crippen LogP contribution in [-0.2, 0) is 0 Å². The van der Waals surface area contributed by atoms with E-state index in [-0.39, 0.29) is 0 Å².